The van der Waals surface area contributed by atoms with Crippen LogP contribution in [0.4, 0.5) is 0 Å². The molecule has 1 aliphatic carbocycles. The lowest BCUT2D eigenvalue weighted by Crippen LogP contribution is -2.20. The monoisotopic (exact) mass is 313 g/mol. The molecule has 1 unspecified atom stereocenters. The second-order valence-electron chi connectivity index (χ2n) is 4.41. The van der Waals surface area contributed by atoms with Crippen LogP contribution in [0.25, 0.3) is 0 Å². The van der Waals surface area contributed by atoms with Gasteiger partial charge in [-0.05, 0) is 56.5 Å². The predicted molar refractivity (Wildman–Crippen MR) is 77.5 cm³/mol. The first-order chi connectivity index (χ1) is 8.22. The van der Waals surface area contributed by atoms with Crippen molar-refractivity contribution < 1.29 is 0 Å². The van der Waals surface area contributed by atoms with Crippen molar-refractivity contribution >= 4 is 27.5 Å². The van der Waals surface area contributed by atoms with Crippen LogP contribution in [-0.4, -0.2) is 7.05 Å². The van der Waals surface area contributed by atoms with E-state index in [0.29, 0.717) is 0 Å². The van der Waals surface area contributed by atoms with Crippen LogP contribution >= 0.6 is 27.5 Å². The Morgan fingerprint density at radius 2 is 2.18 bits per heavy atom. The van der Waals surface area contributed by atoms with E-state index in [1.54, 1.807) is 0 Å². The molecule has 0 aromatic heterocycles. The van der Waals surface area contributed by atoms with E-state index < -0.39 is 0 Å². The molecule has 1 aromatic rings. The number of allylic oxidation sites excluding steroid dienone is 1. The van der Waals surface area contributed by atoms with Crippen LogP contribution in [0.1, 0.15) is 37.3 Å². The van der Waals surface area contributed by atoms with Crippen molar-refractivity contribution in [1.29, 1.82) is 0 Å². The lowest BCUT2D eigenvalue weighted by molar-refractivity contribution is 0.593. The molecule has 0 heterocycles. The molecule has 0 aliphatic heterocycles. The minimum absolute atomic E-state index is 0.250. The Kier molecular flexibility index (Phi) is 4.66. The standard InChI is InChI=1S/C14H17BrClN/c1-17-14(10-5-3-2-4-6-10)12-9-11(15)7-8-13(12)16/h5,7-9,14,17H,2-4,6H2,1H3. The first-order valence-electron chi connectivity index (χ1n) is 6.03. The average molecular weight is 315 g/mol. The van der Waals surface area contributed by atoms with E-state index in [1.807, 2.05) is 19.2 Å². The van der Waals surface area contributed by atoms with E-state index in [2.05, 4.69) is 33.4 Å². The van der Waals surface area contributed by atoms with Crippen molar-refractivity contribution in [3.63, 3.8) is 0 Å². The highest BCUT2D eigenvalue weighted by atomic mass is 79.9. The number of halogens is 2. The van der Waals surface area contributed by atoms with Crippen LogP contribution in [-0.2, 0) is 0 Å². The quantitative estimate of drug-likeness (QED) is 0.785. The Morgan fingerprint density at radius 1 is 1.35 bits per heavy atom. The van der Waals surface area contributed by atoms with Gasteiger partial charge in [0.05, 0.1) is 6.04 Å². The number of likely N-dealkylation sites (N-methyl/N-ethyl adjacent to an activating group) is 1. The van der Waals surface area contributed by atoms with Crippen molar-refractivity contribution in [3.05, 3.63) is 44.9 Å². The fourth-order valence-electron chi connectivity index (χ4n) is 2.40. The molecule has 1 aromatic carbocycles. The molecule has 2 rings (SSSR count). The normalized spacial score (nSPS) is 17.7. The van der Waals surface area contributed by atoms with Gasteiger partial charge in [0, 0.05) is 9.50 Å². The van der Waals surface area contributed by atoms with Crippen LogP contribution in [0.3, 0.4) is 0 Å². The molecule has 1 N–H and O–H groups in total. The molecule has 0 radical (unpaired) electrons. The molecule has 1 aliphatic rings. The maximum absolute atomic E-state index is 6.30. The van der Waals surface area contributed by atoms with Crippen molar-refractivity contribution in [2.45, 2.75) is 31.7 Å². The first kappa shape index (κ1) is 13.1. The van der Waals surface area contributed by atoms with E-state index in [-0.39, 0.29) is 6.04 Å². The molecule has 3 heteroatoms. The highest BCUT2D eigenvalue weighted by Gasteiger charge is 2.19. The Hall–Kier alpha value is -0.310. The summed E-state index contributed by atoms with van der Waals surface area (Å²) in [5, 5.41) is 4.21. The van der Waals surface area contributed by atoms with Gasteiger partial charge in [-0.2, -0.15) is 0 Å². The van der Waals surface area contributed by atoms with Gasteiger partial charge in [0.15, 0.2) is 0 Å². The highest BCUT2D eigenvalue weighted by Crippen LogP contribution is 2.34. The number of hydrogen-bond acceptors (Lipinski definition) is 1. The number of benzene rings is 1. The number of hydrogen-bond donors (Lipinski definition) is 1. The lowest BCUT2D eigenvalue weighted by atomic mass is 9.90. The molecular weight excluding hydrogens is 298 g/mol. The third-order valence-corrected chi connectivity index (χ3v) is 4.09. The molecule has 0 saturated carbocycles. The third kappa shape index (κ3) is 3.12. The van der Waals surface area contributed by atoms with E-state index in [9.17, 15) is 0 Å². The van der Waals surface area contributed by atoms with Gasteiger partial charge in [-0.25, -0.2) is 0 Å². The lowest BCUT2D eigenvalue weighted by Gasteiger charge is -2.24. The Labute approximate surface area is 116 Å². The van der Waals surface area contributed by atoms with Gasteiger partial charge in [0.1, 0.15) is 0 Å². The fourth-order valence-corrected chi connectivity index (χ4v) is 3.01. The van der Waals surface area contributed by atoms with Gasteiger partial charge >= 0.3 is 0 Å². The average Bonchev–Trinajstić information content (AvgIpc) is 2.36. The molecule has 0 amide bonds. The second kappa shape index (κ2) is 6.03. The van der Waals surface area contributed by atoms with E-state index in [1.165, 1.54) is 31.3 Å². The Bertz CT molecular complexity index is 428. The van der Waals surface area contributed by atoms with Crippen molar-refractivity contribution in [3.8, 4) is 0 Å². The molecule has 0 bridgehead atoms. The topological polar surface area (TPSA) is 12.0 Å². The minimum Gasteiger partial charge on any atom is -0.310 e. The van der Waals surface area contributed by atoms with Crippen LogP contribution < -0.4 is 5.32 Å². The van der Waals surface area contributed by atoms with E-state index in [4.69, 9.17) is 11.6 Å². The highest BCUT2D eigenvalue weighted by molar-refractivity contribution is 9.10. The third-order valence-electron chi connectivity index (χ3n) is 3.25. The number of nitrogens with one attached hydrogen (secondary N) is 1. The van der Waals surface area contributed by atoms with Gasteiger partial charge in [-0.1, -0.05) is 39.2 Å². The summed E-state index contributed by atoms with van der Waals surface area (Å²) in [4.78, 5) is 0. The second-order valence-corrected chi connectivity index (χ2v) is 5.74. The van der Waals surface area contributed by atoms with Crippen LogP contribution in [0.5, 0.6) is 0 Å². The summed E-state index contributed by atoms with van der Waals surface area (Å²) in [6.07, 6.45) is 7.33. The molecular formula is C14H17BrClN. The zero-order valence-corrected chi connectivity index (χ0v) is 12.3. The van der Waals surface area contributed by atoms with Gasteiger partial charge in [0.25, 0.3) is 0 Å². The van der Waals surface area contributed by atoms with Crippen LogP contribution in [0.2, 0.25) is 5.02 Å². The molecule has 0 spiro atoms. The maximum atomic E-state index is 6.30. The summed E-state index contributed by atoms with van der Waals surface area (Å²) < 4.78 is 1.08. The largest absolute Gasteiger partial charge is 0.310 e. The van der Waals surface area contributed by atoms with Crippen molar-refractivity contribution in [2.75, 3.05) is 7.05 Å². The van der Waals surface area contributed by atoms with Gasteiger partial charge in [-0.3, -0.25) is 0 Å². The molecule has 1 nitrogen and oxygen atoms in total. The molecule has 92 valence electrons. The van der Waals surface area contributed by atoms with Gasteiger partial charge in [0.2, 0.25) is 0 Å². The molecule has 1 atom stereocenters. The summed E-state index contributed by atoms with van der Waals surface area (Å²) in [7, 11) is 2.00. The smallest absolute Gasteiger partial charge is 0.0548 e. The molecule has 0 saturated heterocycles. The summed E-state index contributed by atoms with van der Waals surface area (Å²) in [5.74, 6) is 0. The van der Waals surface area contributed by atoms with E-state index in [0.717, 1.165) is 15.1 Å². The van der Waals surface area contributed by atoms with Crippen LogP contribution in [0.15, 0.2) is 34.3 Å². The predicted octanol–water partition coefficient (Wildman–Crippen LogP) is 4.86. The van der Waals surface area contributed by atoms with Gasteiger partial charge in [-0.15, -0.1) is 0 Å². The minimum atomic E-state index is 0.250. The Balaban J connectivity index is 2.34. The van der Waals surface area contributed by atoms with Crippen molar-refractivity contribution in [2.24, 2.45) is 0 Å². The summed E-state index contributed by atoms with van der Waals surface area (Å²) in [6, 6.07) is 6.29. The van der Waals surface area contributed by atoms with Crippen LogP contribution in [0, 0.1) is 0 Å². The van der Waals surface area contributed by atoms with Gasteiger partial charge < -0.3 is 5.32 Å². The zero-order valence-electron chi connectivity index (χ0n) is 9.97. The SMILES string of the molecule is CNC(C1=CCCCC1)c1cc(Br)ccc1Cl. The zero-order chi connectivity index (χ0) is 12.3. The van der Waals surface area contributed by atoms with Crippen molar-refractivity contribution in [1.82, 2.24) is 5.32 Å². The van der Waals surface area contributed by atoms with E-state index >= 15 is 0 Å². The first-order valence-corrected chi connectivity index (χ1v) is 7.20. The fraction of sp³-hybridized carbons (Fsp3) is 0.429. The number of rotatable bonds is 3. The maximum Gasteiger partial charge on any atom is 0.0548 e. The summed E-state index contributed by atoms with van der Waals surface area (Å²) in [6.45, 7) is 0. The molecule has 0 fully saturated rings. The molecule has 17 heavy (non-hydrogen) atoms. The Morgan fingerprint density at radius 3 is 2.82 bits per heavy atom. The summed E-state index contributed by atoms with van der Waals surface area (Å²) >= 11 is 9.81. The summed E-state index contributed by atoms with van der Waals surface area (Å²) in [5.41, 5.74) is 2.63.